The summed E-state index contributed by atoms with van der Waals surface area (Å²) in [5.74, 6) is 0.235. The Balaban J connectivity index is 2.78. The SMILES string of the molecule is CCCC(C)C(NC)c1ccc(OC(F)(F)F)cc1. The normalized spacial score (nSPS) is 15.1. The van der Waals surface area contributed by atoms with Gasteiger partial charge in [0, 0.05) is 6.04 Å². The lowest BCUT2D eigenvalue weighted by Crippen LogP contribution is -2.23. The second-order valence-corrected chi connectivity index (χ2v) is 4.65. The third kappa shape index (κ3) is 5.11. The first-order chi connectivity index (χ1) is 8.87. The monoisotopic (exact) mass is 275 g/mol. The molecule has 2 atom stereocenters. The van der Waals surface area contributed by atoms with Gasteiger partial charge in [0.1, 0.15) is 5.75 Å². The van der Waals surface area contributed by atoms with E-state index in [2.05, 4.69) is 23.9 Å². The predicted molar refractivity (Wildman–Crippen MR) is 69.0 cm³/mol. The lowest BCUT2D eigenvalue weighted by molar-refractivity contribution is -0.274. The molecule has 0 saturated carbocycles. The van der Waals surface area contributed by atoms with Crippen LogP contribution >= 0.6 is 0 Å². The minimum absolute atomic E-state index is 0.139. The van der Waals surface area contributed by atoms with Gasteiger partial charge in [-0.2, -0.15) is 0 Å². The molecule has 0 bridgehead atoms. The van der Waals surface area contributed by atoms with Crippen LogP contribution in [0.2, 0.25) is 0 Å². The molecule has 1 N–H and O–H groups in total. The molecule has 0 radical (unpaired) electrons. The van der Waals surface area contributed by atoms with E-state index in [4.69, 9.17) is 0 Å². The quantitative estimate of drug-likeness (QED) is 0.836. The smallest absolute Gasteiger partial charge is 0.406 e. The summed E-state index contributed by atoms with van der Waals surface area (Å²) in [6, 6.07) is 6.19. The Morgan fingerprint density at radius 2 is 1.79 bits per heavy atom. The molecule has 0 fully saturated rings. The number of hydrogen-bond donors (Lipinski definition) is 1. The fourth-order valence-corrected chi connectivity index (χ4v) is 2.28. The zero-order valence-electron chi connectivity index (χ0n) is 11.4. The minimum Gasteiger partial charge on any atom is -0.406 e. The Morgan fingerprint density at radius 3 is 2.21 bits per heavy atom. The van der Waals surface area contributed by atoms with Crippen molar-refractivity contribution < 1.29 is 17.9 Å². The van der Waals surface area contributed by atoms with Gasteiger partial charge in [-0.05, 0) is 37.1 Å². The third-order valence-electron chi connectivity index (χ3n) is 3.10. The van der Waals surface area contributed by atoms with Crippen molar-refractivity contribution in [3.05, 3.63) is 29.8 Å². The maximum Gasteiger partial charge on any atom is 0.573 e. The topological polar surface area (TPSA) is 21.3 Å². The fourth-order valence-electron chi connectivity index (χ4n) is 2.28. The molecule has 0 heterocycles. The molecule has 0 aliphatic heterocycles. The van der Waals surface area contributed by atoms with Crippen molar-refractivity contribution in [1.82, 2.24) is 5.32 Å². The Bertz CT molecular complexity index is 375. The maximum absolute atomic E-state index is 12.1. The molecule has 2 nitrogen and oxygen atoms in total. The van der Waals surface area contributed by atoms with Crippen molar-refractivity contribution in [2.24, 2.45) is 5.92 Å². The first-order valence-corrected chi connectivity index (χ1v) is 6.40. The van der Waals surface area contributed by atoms with Crippen LogP contribution in [0.4, 0.5) is 13.2 Å². The molecule has 1 aromatic carbocycles. The Labute approximate surface area is 112 Å². The number of rotatable bonds is 6. The lowest BCUT2D eigenvalue weighted by atomic mass is 9.91. The van der Waals surface area contributed by atoms with Gasteiger partial charge in [-0.15, -0.1) is 13.2 Å². The van der Waals surface area contributed by atoms with Crippen LogP contribution in [0.25, 0.3) is 0 Å². The van der Waals surface area contributed by atoms with E-state index >= 15 is 0 Å². The summed E-state index contributed by atoms with van der Waals surface area (Å²) in [5.41, 5.74) is 0.970. The van der Waals surface area contributed by atoms with Crippen molar-refractivity contribution in [2.45, 2.75) is 39.1 Å². The fraction of sp³-hybridized carbons (Fsp3) is 0.571. The maximum atomic E-state index is 12.1. The van der Waals surface area contributed by atoms with E-state index in [-0.39, 0.29) is 11.8 Å². The van der Waals surface area contributed by atoms with Gasteiger partial charge in [0.2, 0.25) is 0 Å². The molecule has 0 aliphatic rings. The van der Waals surface area contributed by atoms with Crippen LogP contribution in [0.1, 0.15) is 38.3 Å². The van der Waals surface area contributed by atoms with Crippen molar-refractivity contribution in [2.75, 3.05) is 7.05 Å². The number of nitrogens with one attached hydrogen (secondary N) is 1. The van der Waals surface area contributed by atoms with Gasteiger partial charge in [0.15, 0.2) is 0 Å². The first kappa shape index (κ1) is 15.8. The van der Waals surface area contributed by atoms with Crippen LogP contribution < -0.4 is 10.1 Å². The van der Waals surface area contributed by atoms with E-state index < -0.39 is 6.36 Å². The summed E-state index contributed by atoms with van der Waals surface area (Å²) < 4.78 is 40.0. The summed E-state index contributed by atoms with van der Waals surface area (Å²) in [6.07, 6.45) is -2.50. The number of alkyl halides is 3. The van der Waals surface area contributed by atoms with Gasteiger partial charge in [-0.25, -0.2) is 0 Å². The number of ether oxygens (including phenoxy) is 1. The third-order valence-corrected chi connectivity index (χ3v) is 3.10. The molecule has 0 aliphatic carbocycles. The molecule has 0 saturated heterocycles. The molecule has 1 aromatic rings. The first-order valence-electron chi connectivity index (χ1n) is 6.40. The molecule has 1 rings (SSSR count). The highest BCUT2D eigenvalue weighted by Crippen LogP contribution is 2.28. The lowest BCUT2D eigenvalue weighted by Gasteiger charge is -2.24. The van der Waals surface area contributed by atoms with Gasteiger partial charge < -0.3 is 10.1 Å². The van der Waals surface area contributed by atoms with Gasteiger partial charge in [-0.1, -0.05) is 32.4 Å². The zero-order chi connectivity index (χ0) is 14.5. The number of hydrogen-bond acceptors (Lipinski definition) is 2. The average molecular weight is 275 g/mol. The highest BCUT2D eigenvalue weighted by molar-refractivity contribution is 5.29. The largest absolute Gasteiger partial charge is 0.573 e. The van der Waals surface area contributed by atoms with Gasteiger partial charge in [0.05, 0.1) is 0 Å². The van der Waals surface area contributed by atoms with Gasteiger partial charge in [0.25, 0.3) is 0 Å². The molecule has 5 heteroatoms. The summed E-state index contributed by atoms with van der Waals surface area (Å²) in [7, 11) is 1.86. The summed E-state index contributed by atoms with van der Waals surface area (Å²) in [5, 5.41) is 3.21. The highest BCUT2D eigenvalue weighted by Gasteiger charge is 2.31. The number of halogens is 3. The molecule has 0 aromatic heterocycles. The van der Waals surface area contributed by atoms with Crippen molar-refractivity contribution in [1.29, 1.82) is 0 Å². The summed E-state index contributed by atoms with van der Waals surface area (Å²) in [6.45, 7) is 4.24. The van der Waals surface area contributed by atoms with E-state index in [1.165, 1.54) is 12.1 Å². The van der Waals surface area contributed by atoms with Crippen LogP contribution in [0, 0.1) is 5.92 Å². The van der Waals surface area contributed by atoms with E-state index in [1.807, 2.05) is 7.05 Å². The predicted octanol–water partition coefficient (Wildman–Crippen LogP) is 4.28. The van der Waals surface area contributed by atoms with E-state index in [1.54, 1.807) is 12.1 Å². The van der Waals surface area contributed by atoms with Crippen LogP contribution in [-0.2, 0) is 0 Å². The van der Waals surface area contributed by atoms with Gasteiger partial charge >= 0.3 is 6.36 Å². The van der Waals surface area contributed by atoms with Gasteiger partial charge in [-0.3, -0.25) is 0 Å². The van der Waals surface area contributed by atoms with Crippen LogP contribution in [0.15, 0.2) is 24.3 Å². The standard InChI is InChI=1S/C14H20F3NO/c1-4-5-10(2)13(18-3)11-6-8-12(9-7-11)19-14(15,16)17/h6-10,13,18H,4-5H2,1-3H3. The second-order valence-electron chi connectivity index (χ2n) is 4.65. The molecular weight excluding hydrogens is 255 g/mol. The average Bonchev–Trinajstić information content (AvgIpc) is 2.30. The van der Waals surface area contributed by atoms with E-state index in [9.17, 15) is 13.2 Å². The minimum atomic E-state index is -4.64. The zero-order valence-corrected chi connectivity index (χ0v) is 11.4. The molecular formula is C14H20F3NO. The van der Waals surface area contributed by atoms with Crippen molar-refractivity contribution in [3.63, 3.8) is 0 Å². The molecule has 0 spiro atoms. The van der Waals surface area contributed by atoms with Crippen LogP contribution in [0.5, 0.6) is 5.75 Å². The Hall–Kier alpha value is -1.23. The second kappa shape index (κ2) is 6.80. The number of benzene rings is 1. The van der Waals surface area contributed by atoms with Crippen LogP contribution in [0.3, 0.4) is 0 Å². The van der Waals surface area contributed by atoms with E-state index in [0.717, 1.165) is 18.4 Å². The van der Waals surface area contributed by atoms with E-state index in [0.29, 0.717) is 5.92 Å². The molecule has 19 heavy (non-hydrogen) atoms. The summed E-state index contributed by atoms with van der Waals surface area (Å²) >= 11 is 0. The molecule has 0 amide bonds. The van der Waals surface area contributed by atoms with Crippen LogP contribution in [-0.4, -0.2) is 13.4 Å². The summed E-state index contributed by atoms with van der Waals surface area (Å²) in [4.78, 5) is 0. The molecule has 108 valence electrons. The van der Waals surface area contributed by atoms with Crippen molar-refractivity contribution >= 4 is 0 Å². The highest BCUT2D eigenvalue weighted by atomic mass is 19.4. The molecule has 2 unspecified atom stereocenters. The Morgan fingerprint density at radius 1 is 1.21 bits per heavy atom. The van der Waals surface area contributed by atoms with Crippen molar-refractivity contribution in [3.8, 4) is 5.75 Å². The Kier molecular flexibility index (Phi) is 5.66.